The fourth-order valence-electron chi connectivity index (χ4n) is 8.70. The molecule has 0 fully saturated rings. The van der Waals surface area contributed by atoms with Gasteiger partial charge in [-0.05, 0) is 92.4 Å². The van der Waals surface area contributed by atoms with E-state index in [2.05, 4.69) is 128 Å². The molecule has 1 N–H and O–H groups in total. The van der Waals surface area contributed by atoms with Gasteiger partial charge in [0, 0.05) is 48.2 Å². The quantitative estimate of drug-likeness (QED) is 0.162. The second kappa shape index (κ2) is 17.8. The van der Waals surface area contributed by atoms with Gasteiger partial charge in [0.05, 0.1) is 22.3 Å². The van der Waals surface area contributed by atoms with E-state index in [1.165, 1.54) is 0 Å². The van der Waals surface area contributed by atoms with Crippen LogP contribution in [0.4, 0.5) is 0 Å². The summed E-state index contributed by atoms with van der Waals surface area (Å²) in [6, 6.07) is 56.6. The van der Waals surface area contributed by atoms with Crippen LogP contribution in [-0.2, 0) is 37.3 Å². The number of phenolic OH excluding ortho intramolecular Hbond substituents is 1. The molecule has 0 bridgehead atoms. The van der Waals surface area contributed by atoms with E-state index < -0.39 is 12.3 Å². The van der Waals surface area contributed by atoms with Gasteiger partial charge in [0.25, 0.3) is 0 Å². The smallest absolute Gasteiger partial charge is 0.148 e. The second-order valence-electron chi connectivity index (χ2n) is 20.3. The number of fused-ring (bicyclic) bond motifs is 1. The minimum atomic E-state index is -2.43. The number of rotatable bonds is 7. The Labute approximate surface area is 410 Å². The molecular weight excluding hydrogens is 986 g/mol. The van der Waals surface area contributed by atoms with E-state index in [9.17, 15) is 5.11 Å². The summed E-state index contributed by atoms with van der Waals surface area (Å²) in [4.78, 5) is 10.6. The van der Waals surface area contributed by atoms with Gasteiger partial charge in [-0.2, -0.15) is 0 Å². The van der Waals surface area contributed by atoms with Crippen LogP contribution in [0.15, 0.2) is 164 Å². The van der Waals surface area contributed by atoms with E-state index in [1.54, 1.807) is 0 Å². The Bertz CT molecular complexity index is 3320. The van der Waals surface area contributed by atoms with Gasteiger partial charge in [-0.3, -0.25) is 9.55 Å². The molecule has 0 saturated heterocycles. The summed E-state index contributed by atoms with van der Waals surface area (Å²) in [6.07, 6.45) is 1.86. The molecule has 0 saturated carbocycles. The standard InChI is InChI=1S/C61H58N3O.Pt/c1-39-31-50(42-25-18-13-19-26-42)55(38-49(39)41-23-16-12-17-24-41)64-54-28-20-27-48(56(54)63-58(64)51-36-47(60(5,6)7)37-52(57(51)65)61(8,9)10)44-32-45(34-46(33-44)59(2,3)4)53-35-43(29-30-62-53)40-21-14-11-15-22-40;/h11-31,33-38,65H,1-10H3;/q-1;/i1D3;. The average Bonchev–Trinajstić information content (AvgIpc) is 3.70. The maximum Gasteiger partial charge on any atom is 0.148 e. The van der Waals surface area contributed by atoms with Gasteiger partial charge in [-0.1, -0.05) is 189 Å². The molecule has 5 heteroatoms. The minimum Gasteiger partial charge on any atom is -0.507 e. The van der Waals surface area contributed by atoms with Gasteiger partial charge in [-0.15, -0.1) is 29.3 Å². The molecule has 2 aromatic heterocycles. The van der Waals surface area contributed by atoms with Gasteiger partial charge in [0.1, 0.15) is 11.6 Å². The third kappa shape index (κ3) is 8.97. The molecule has 0 aliphatic carbocycles. The molecule has 0 amide bonds. The molecule has 0 atom stereocenters. The van der Waals surface area contributed by atoms with Crippen molar-refractivity contribution in [1.29, 1.82) is 0 Å². The fourth-order valence-corrected chi connectivity index (χ4v) is 8.70. The van der Waals surface area contributed by atoms with Crippen molar-refractivity contribution >= 4 is 11.0 Å². The topological polar surface area (TPSA) is 50.9 Å². The zero-order chi connectivity index (χ0) is 48.3. The second-order valence-corrected chi connectivity index (χ2v) is 20.3. The number of pyridine rings is 1. The van der Waals surface area contributed by atoms with Crippen LogP contribution in [0.3, 0.4) is 0 Å². The Hall–Kier alpha value is -6.35. The van der Waals surface area contributed by atoms with E-state index in [0.717, 1.165) is 78.1 Å². The maximum absolute atomic E-state index is 12.7. The normalized spacial score (nSPS) is 12.9. The van der Waals surface area contributed by atoms with Gasteiger partial charge in [-0.25, -0.2) is 4.98 Å². The molecule has 0 radical (unpaired) electrons. The Kier molecular flexibility index (Phi) is 11.4. The molecule has 0 aliphatic rings. The van der Waals surface area contributed by atoms with Crippen molar-refractivity contribution in [2.24, 2.45) is 0 Å². The number of aromatic hydroxyl groups is 1. The monoisotopic (exact) mass is 1050 g/mol. The molecule has 0 spiro atoms. The molecule has 7 aromatic carbocycles. The van der Waals surface area contributed by atoms with Crippen LogP contribution in [0.1, 0.15) is 88.7 Å². The van der Waals surface area contributed by atoms with Crippen LogP contribution in [-0.4, -0.2) is 19.6 Å². The predicted molar refractivity (Wildman–Crippen MR) is 273 cm³/mol. The number of imidazole rings is 1. The third-order valence-electron chi connectivity index (χ3n) is 12.4. The summed E-state index contributed by atoms with van der Waals surface area (Å²) in [7, 11) is 0. The maximum atomic E-state index is 12.7. The number of nitrogens with zero attached hydrogens (tertiary/aromatic N) is 3. The molecule has 2 heterocycles. The van der Waals surface area contributed by atoms with E-state index in [4.69, 9.17) is 14.1 Å². The van der Waals surface area contributed by atoms with Crippen LogP contribution in [0.5, 0.6) is 5.75 Å². The fraction of sp³-hybridized carbons (Fsp3) is 0.213. The van der Waals surface area contributed by atoms with E-state index in [0.29, 0.717) is 22.5 Å². The summed E-state index contributed by atoms with van der Waals surface area (Å²) < 4.78 is 28.7. The number of aryl methyl sites for hydroxylation is 1. The van der Waals surface area contributed by atoms with Crippen molar-refractivity contribution in [3.05, 3.63) is 192 Å². The molecular formula is C61H58N3OPt-. The first kappa shape index (κ1) is 42.3. The molecule has 0 unspecified atom stereocenters. The molecule has 0 aliphatic heterocycles. The summed E-state index contributed by atoms with van der Waals surface area (Å²) in [5.74, 6) is 0.684. The number of phenols is 1. The Balaban J connectivity index is 0.00000642. The summed E-state index contributed by atoms with van der Waals surface area (Å²) in [6.45, 7) is 17.1. The van der Waals surface area contributed by atoms with Crippen LogP contribution in [0.2, 0.25) is 0 Å². The first-order valence-electron chi connectivity index (χ1n) is 24.0. The van der Waals surface area contributed by atoms with Crippen molar-refractivity contribution in [1.82, 2.24) is 14.5 Å². The van der Waals surface area contributed by atoms with Crippen molar-refractivity contribution in [2.45, 2.75) is 85.4 Å². The number of aromatic nitrogens is 3. The van der Waals surface area contributed by atoms with Crippen molar-refractivity contribution in [3.8, 4) is 78.6 Å². The predicted octanol–water partition coefficient (Wildman–Crippen LogP) is 16.1. The van der Waals surface area contributed by atoms with E-state index in [-0.39, 0.29) is 43.2 Å². The van der Waals surface area contributed by atoms with Crippen LogP contribution < -0.4 is 0 Å². The minimum absolute atomic E-state index is 0. The van der Waals surface area contributed by atoms with Crippen LogP contribution in [0.25, 0.3) is 83.9 Å². The molecule has 334 valence electrons. The number of hydrogen-bond acceptors (Lipinski definition) is 3. The van der Waals surface area contributed by atoms with Crippen molar-refractivity contribution < 1.29 is 30.3 Å². The van der Waals surface area contributed by atoms with E-state index >= 15 is 0 Å². The summed E-state index contributed by atoms with van der Waals surface area (Å²) in [5.41, 5.74) is 13.6. The average molecular weight is 1050 g/mol. The van der Waals surface area contributed by atoms with E-state index in [1.807, 2.05) is 109 Å². The Morgan fingerprint density at radius 1 is 0.530 bits per heavy atom. The number of benzene rings is 7. The van der Waals surface area contributed by atoms with Crippen LogP contribution >= 0.6 is 0 Å². The molecule has 9 rings (SSSR count). The third-order valence-corrected chi connectivity index (χ3v) is 12.4. The first-order chi connectivity index (χ1) is 32.2. The molecule has 66 heavy (non-hydrogen) atoms. The number of para-hydroxylation sites is 1. The number of hydrogen-bond donors (Lipinski definition) is 1. The zero-order valence-corrected chi connectivity index (χ0v) is 41.5. The van der Waals surface area contributed by atoms with Crippen molar-refractivity contribution in [2.75, 3.05) is 0 Å². The largest absolute Gasteiger partial charge is 0.507 e. The molecule has 4 nitrogen and oxygen atoms in total. The van der Waals surface area contributed by atoms with Crippen LogP contribution in [0, 0.1) is 12.9 Å². The Morgan fingerprint density at radius 3 is 1.73 bits per heavy atom. The van der Waals surface area contributed by atoms with Gasteiger partial charge >= 0.3 is 0 Å². The summed E-state index contributed by atoms with van der Waals surface area (Å²) in [5, 5.41) is 12.7. The van der Waals surface area contributed by atoms with Crippen molar-refractivity contribution in [3.63, 3.8) is 0 Å². The SMILES string of the molecule is [2H]C([2H])([2H])c1cc(-c2ccccc2)c(-n2c(-c3cc(C(C)(C)C)cc(C(C)(C)C)c3O)nc3c(-c4[c-]c(-c5cc(-c6ccccc6)ccn5)cc(C(C)(C)C)c4)cccc32)cc1-c1ccccc1.[Pt]. The van der Waals surface area contributed by atoms with Gasteiger partial charge in [0.2, 0.25) is 0 Å². The zero-order valence-electron chi connectivity index (χ0n) is 42.2. The summed E-state index contributed by atoms with van der Waals surface area (Å²) >= 11 is 0. The van der Waals surface area contributed by atoms with Gasteiger partial charge in [0.15, 0.2) is 0 Å². The molecule has 9 aromatic rings. The first-order valence-corrected chi connectivity index (χ1v) is 22.5. The Morgan fingerprint density at radius 2 is 1.12 bits per heavy atom. The van der Waals surface area contributed by atoms with Gasteiger partial charge < -0.3 is 5.11 Å².